The minimum atomic E-state index is -0.818. The van der Waals surface area contributed by atoms with Crippen LogP contribution in [0.4, 0.5) is 0 Å². The maximum atomic E-state index is 11.7. The largest absolute Gasteiger partial charge is 0.458 e. The number of allylic oxidation sites excluding steroid dienone is 1. The molecule has 0 saturated carbocycles. The summed E-state index contributed by atoms with van der Waals surface area (Å²) >= 11 is 0. The zero-order valence-electron chi connectivity index (χ0n) is 16.8. The fourth-order valence-electron chi connectivity index (χ4n) is 2.61. The third-order valence-corrected chi connectivity index (χ3v) is 4.26. The molecule has 0 aromatic rings. The molecule has 0 N–H and O–H groups in total. The number of imide groups is 2. The number of hydroxylamine groups is 4. The summed E-state index contributed by atoms with van der Waals surface area (Å²) in [5.41, 5.74) is 0. The van der Waals surface area contributed by atoms with Gasteiger partial charge in [-0.15, -0.1) is 10.1 Å². The third-order valence-electron chi connectivity index (χ3n) is 4.26. The molecule has 12 heteroatoms. The number of rotatable bonds is 12. The summed E-state index contributed by atoms with van der Waals surface area (Å²) in [7, 11) is 0. The Morgan fingerprint density at radius 1 is 0.710 bits per heavy atom. The van der Waals surface area contributed by atoms with Crippen LogP contribution >= 0.6 is 0 Å². The van der Waals surface area contributed by atoms with Crippen LogP contribution in [0.3, 0.4) is 0 Å². The minimum absolute atomic E-state index is 0.00998. The first-order valence-corrected chi connectivity index (χ1v) is 9.63. The first-order chi connectivity index (χ1) is 14.7. The Balaban J connectivity index is 1.55. The molecule has 2 fully saturated rings. The summed E-state index contributed by atoms with van der Waals surface area (Å²) in [4.78, 5) is 90.3. The lowest BCUT2D eigenvalue weighted by molar-refractivity contribution is -0.197. The molecule has 2 aliphatic rings. The third kappa shape index (κ3) is 7.32. The number of hydrogen-bond donors (Lipinski definition) is 0. The lowest BCUT2D eigenvalue weighted by Crippen LogP contribution is -2.32. The summed E-state index contributed by atoms with van der Waals surface area (Å²) in [5.74, 6) is -4.08. The van der Waals surface area contributed by atoms with Gasteiger partial charge in [0.05, 0.1) is 6.42 Å². The maximum Gasteiger partial charge on any atom is 0.333 e. The van der Waals surface area contributed by atoms with E-state index in [0.717, 1.165) is 0 Å². The highest BCUT2D eigenvalue weighted by molar-refractivity contribution is 6.01. The SMILES string of the molecule is C=C(CCC(=O)OCC(=O)CCCC(=O)ON1C(=O)CCC1=O)ON1C(=O)CCC1=O. The van der Waals surface area contributed by atoms with Gasteiger partial charge in [-0.3, -0.25) is 28.8 Å². The Labute approximate surface area is 177 Å². The number of carbonyl (C=O) groups is 7. The molecule has 168 valence electrons. The predicted octanol–water partition coefficient (Wildman–Crippen LogP) is 0.251. The molecular formula is C19H22N2O10. The van der Waals surface area contributed by atoms with Crippen LogP contribution < -0.4 is 0 Å². The molecule has 0 aliphatic carbocycles. The van der Waals surface area contributed by atoms with Crippen molar-refractivity contribution in [1.29, 1.82) is 0 Å². The second kappa shape index (κ2) is 11.0. The van der Waals surface area contributed by atoms with Crippen molar-refractivity contribution in [3.05, 3.63) is 12.3 Å². The summed E-state index contributed by atoms with van der Waals surface area (Å²) < 4.78 is 4.81. The summed E-state index contributed by atoms with van der Waals surface area (Å²) in [5, 5.41) is 1.04. The first-order valence-electron chi connectivity index (χ1n) is 9.63. The van der Waals surface area contributed by atoms with E-state index >= 15 is 0 Å². The van der Waals surface area contributed by atoms with Crippen molar-refractivity contribution in [2.24, 2.45) is 0 Å². The molecule has 31 heavy (non-hydrogen) atoms. The summed E-state index contributed by atoms with van der Waals surface area (Å²) in [6, 6.07) is 0. The molecule has 2 rings (SSSR count). The second-order valence-corrected chi connectivity index (χ2v) is 6.81. The van der Waals surface area contributed by atoms with Crippen molar-refractivity contribution in [2.75, 3.05) is 6.61 Å². The van der Waals surface area contributed by atoms with Crippen LogP contribution in [0.25, 0.3) is 0 Å². The van der Waals surface area contributed by atoms with Gasteiger partial charge in [0.25, 0.3) is 23.6 Å². The number of ketones is 1. The standard InChI is InChI=1S/C19H22N2O10/c1-12(30-20-14(23)6-7-15(20)24)5-10-18(27)29-11-13(22)3-2-4-19(28)31-21-16(25)8-9-17(21)26/h1-11H2. The van der Waals surface area contributed by atoms with Crippen molar-refractivity contribution >= 4 is 41.4 Å². The normalized spacial score (nSPS) is 16.0. The topological polar surface area (TPSA) is 154 Å². The van der Waals surface area contributed by atoms with Crippen molar-refractivity contribution in [2.45, 2.75) is 57.8 Å². The van der Waals surface area contributed by atoms with Crippen LogP contribution in [0, 0.1) is 0 Å². The van der Waals surface area contributed by atoms with E-state index in [0.29, 0.717) is 10.1 Å². The van der Waals surface area contributed by atoms with Crippen molar-refractivity contribution in [3.63, 3.8) is 0 Å². The fourth-order valence-corrected chi connectivity index (χ4v) is 2.61. The highest BCUT2D eigenvalue weighted by Crippen LogP contribution is 2.17. The van der Waals surface area contributed by atoms with E-state index in [1.54, 1.807) is 0 Å². The zero-order chi connectivity index (χ0) is 23.0. The highest BCUT2D eigenvalue weighted by atomic mass is 16.7. The van der Waals surface area contributed by atoms with Crippen molar-refractivity contribution < 1.29 is 48.0 Å². The molecule has 0 aromatic heterocycles. The lowest BCUT2D eigenvalue weighted by atomic mass is 10.2. The molecule has 2 saturated heterocycles. The number of ether oxygens (including phenoxy) is 1. The van der Waals surface area contributed by atoms with Gasteiger partial charge in [0.2, 0.25) is 0 Å². The molecule has 0 spiro atoms. The van der Waals surface area contributed by atoms with E-state index in [9.17, 15) is 33.6 Å². The molecule has 12 nitrogen and oxygen atoms in total. The Hall–Kier alpha value is -3.57. The predicted molar refractivity (Wildman–Crippen MR) is 97.5 cm³/mol. The molecule has 0 bridgehead atoms. The molecule has 0 aromatic carbocycles. The van der Waals surface area contributed by atoms with Gasteiger partial charge in [-0.05, 0) is 6.42 Å². The van der Waals surface area contributed by atoms with E-state index in [1.807, 2.05) is 0 Å². The average molecular weight is 438 g/mol. The monoisotopic (exact) mass is 438 g/mol. The molecule has 2 heterocycles. The number of carbonyl (C=O) groups excluding carboxylic acids is 7. The van der Waals surface area contributed by atoms with Crippen LogP contribution in [0.2, 0.25) is 0 Å². The van der Waals surface area contributed by atoms with Crippen molar-refractivity contribution in [1.82, 2.24) is 10.1 Å². The van der Waals surface area contributed by atoms with Crippen LogP contribution in [-0.4, -0.2) is 58.1 Å². The van der Waals surface area contributed by atoms with E-state index in [2.05, 4.69) is 11.4 Å². The molecule has 0 atom stereocenters. The van der Waals surface area contributed by atoms with Gasteiger partial charge in [-0.2, -0.15) is 0 Å². The van der Waals surface area contributed by atoms with Crippen LogP contribution in [0.15, 0.2) is 12.3 Å². The van der Waals surface area contributed by atoms with Gasteiger partial charge < -0.3 is 14.4 Å². The zero-order valence-corrected chi connectivity index (χ0v) is 16.8. The van der Waals surface area contributed by atoms with Gasteiger partial charge in [-0.25, -0.2) is 4.79 Å². The van der Waals surface area contributed by atoms with Gasteiger partial charge in [0.15, 0.2) is 5.78 Å². The molecule has 0 unspecified atom stereocenters. The van der Waals surface area contributed by atoms with Crippen LogP contribution in [0.1, 0.15) is 57.8 Å². The molecule has 4 amide bonds. The van der Waals surface area contributed by atoms with Gasteiger partial charge in [0.1, 0.15) is 12.4 Å². The van der Waals surface area contributed by atoms with E-state index < -0.39 is 48.0 Å². The first kappa shape index (κ1) is 23.7. The molecule has 2 aliphatic heterocycles. The Morgan fingerprint density at radius 2 is 1.23 bits per heavy atom. The van der Waals surface area contributed by atoms with Gasteiger partial charge in [-0.1, -0.05) is 6.58 Å². The average Bonchev–Trinajstić information content (AvgIpc) is 3.21. The smallest absolute Gasteiger partial charge is 0.333 e. The number of Topliss-reactive ketones (excluding diaryl/α,β-unsaturated/α-hetero) is 1. The molecule has 0 radical (unpaired) electrons. The molecular weight excluding hydrogens is 416 g/mol. The van der Waals surface area contributed by atoms with Crippen LogP contribution in [0.5, 0.6) is 0 Å². The lowest BCUT2D eigenvalue weighted by Gasteiger charge is -2.15. The summed E-state index contributed by atoms with van der Waals surface area (Å²) in [6.07, 6.45) is -0.260. The fraction of sp³-hybridized carbons (Fsp3) is 0.526. The minimum Gasteiger partial charge on any atom is -0.458 e. The quantitative estimate of drug-likeness (QED) is 0.235. The number of nitrogens with zero attached hydrogens (tertiary/aromatic N) is 2. The van der Waals surface area contributed by atoms with E-state index in [1.165, 1.54) is 0 Å². The number of amides is 4. The summed E-state index contributed by atoms with van der Waals surface area (Å²) in [6.45, 7) is 3.03. The van der Waals surface area contributed by atoms with Gasteiger partial charge >= 0.3 is 11.9 Å². The van der Waals surface area contributed by atoms with E-state index in [4.69, 9.17) is 9.57 Å². The maximum absolute atomic E-state index is 11.7. The Morgan fingerprint density at radius 3 is 1.77 bits per heavy atom. The number of hydrogen-bond acceptors (Lipinski definition) is 10. The Kier molecular flexibility index (Phi) is 8.41. The Bertz CT molecular complexity index is 787. The van der Waals surface area contributed by atoms with Crippen molar-refractivity contribution in [3.8, 4) is 0 Å². The van der Waals surface area contributed by atoms with Gasteiger partial charge in [0, 0.05) is 44.9 Å². The second-order valence-electron chi connectivity index (χ2n) is 6.81. The van der Waals surface area contributed by atoms with E-state index in [-0.39, 0.29) is 63.5 Å². The highest BCUT2D eigenvalue weighted by Gasteiger charge is 2.33. The number of esters is 1. The van der Waals surface area contributed by atoms with Crippen LogP contribution in [-0.2, 0) is 48.0 Å².